The van der Waals surface area contributed by atoms with Gasteiger partial charge in [-0.15, -0.1) is 0 Å². The van der Waals surface area contributed by atoms with Gasteiger partial charge < -0.3 is 19.3 Å². The predicted octanol–water partition coefficient (Wildman–Crippen LogP) is 5.00. The molecule has 8 nitrogen and oxygen atoms in total. The highest BCUT2D eigenvalue weighted by atomic mass is 16.6. The second-order valence-electron chi connectivity index (χ2n) is 8.84. The monoisotopic (exact) mass is 466 g/mol. The van der Waals surface area contributed by atoms with Gasteiger partial charge in [0.25, 0.3) is 0 Å². The number of carboxylic acids is 1. The molecule has 0 unspecified atom stereocenters. The third kappa shape index (κ3) is 6.15. The minimum absolute atomic E-state index is 0.0729. The number of carbonyl (C=O) groups excluding carboxylic acids is 1. The van der Waals surface area contributed by atoms with Crippen LogP contribution in [0.25, 0.3) is 22.2 Å². The molecule has 1 aromatic heterocycles. The molecule has 2 aromatic carbocycles. The molecule has 0 radical (unpaired) electrons. The molecule has 0 aliphatic heterocycles. The molecule has 1 atom stereocenters. The highest BCUT2D eigenvalue weighted by molar-refractivity contribution is 5.89. The lowest BCUT2D eigenvalue weighted by molar-refractivity contribution is -0.143. The fourth-order valence-corrected chi connectivity index (χ4v) is 3.40. The number of carbonyl (C=O) groups is 2. The molecule has 0 aliphatic carbocycles. The first kappa shape index (κ1) is 24.8. The molecule has 3 aromatic rings. The smallest absolute Gasteiger partial charge is 0.410 e. The average molecular weight is 467 g/mol. The summed E-state index contributed by atoms with van der Waals surface area (Å²) < 4.78 is 16.7. The van der Waals surface area contributed by atoms with Gasteiger partial charge in [0.1, 0.15) is 23.1 Å². The number of ether oxygens (including phenoxy) is 3. The maximum absolute atomic E-state index is 12.4. The lowest BCUT2D eigenvalue weighted by Gasteiger charge is -2.28. The van der Waals surface area contributed by atoms with E-state index in [-0.39, 0.29) is 13.0 Å². The Labute approximate surface area is 199 Å². The number of benzene rings is 2. The molecule has 3 rings (SSSR count). The fraction of sp³-hybridized carbons (Fsp3) is 0.346. The van der Waals surface area contributed by atoms with Gasteiger partial charge in [-0.05, 0) is 32.9 Å². The molecule has 0 saturated heterocycles. The van der Waals surface area contributed by atoms with Crippen molar-refractivity contribution in [3.63, 3.8) is 0 Å². The van der Waals surface area contributed by atoms with Crippen molar-refractivity contribution >= 4 is 23.0 Å². The zero-order valence-corrected chi connectivity index (χ0v) is 20.1. The minimum atomic E-state index is -1.13. The molecule has 1 heterocycles. The van der Waals surface area contributed by atoms with Gasteiger partial charge >= 0.3 is 12.1 Å². The molecule has 1 N–H and O–H groups in total. The number of carboxylic acid groups (broad SMARTS) is 1. The Hall–Kier alpha value is -3.81. The van der Waals surface area contributed by atoms with Crippen molar-refractivity contribution in [2.24, 2.45) is 0 Å². The zero-order chi connectivity index (χ0) is 24.9. The maximum Gasteiger partial charge on any atom is 0.410 e. The first-order valence-corrected chi connectivity index (χ1v) is 10.9. The van der Waals surface area contributed by atoms with E-state index in [4.69, 9.17) is 19.2 Å². The van der Waals surface area contributed by atoms with Crippen molar-refractivity contribution < 1.29 is 28.9 Å². The van der Waals surface area contributed by atoms with Crippen LogP contribution in [0.15, 0.2) is 54.6 Å². The largest absolute Gasteiger partial charge is 0.497 e. The topological polar surface area (TPSA) is 98.2 Å². The maximum atomic E-state index is 12.4. The number of rotatable bonds is 8. The van der Waals surface area contributed by atoms with Crippen LogP contribution in [0.4, 0.5) is 4.79 Å². The van der Waals surface area contributed by atoms with Crippen LogP contribution >= 0.6 is 0 Å². The number of hydrogen-bond acceptors (Lipinski definition) is 6. The van der Waals surface area contributed by atoms with Gasteiger partial charge in [0.2, 0.25) is 0 Å². The second kappa shape index (κ2) is 10.4. The van der Waals surface area contributed by atoms with Crippen molar-refractivity contribution in [1.29, 1.82) is 0 Å². The summed E-state index contributed by atoms with van der Waals surface area (Å²) in [6.07, 6.45) is -0.626. The number of amides is 1. The van der Waals surface area contributed by atoms with Crippen LogP contribution in [-0.4, -0.2) is 59.5 Å². The average Bonchev–Trinajstić information content (AvgIpc) is 2.80. The van der Waals surface area contributed by atoms with Crippen LogP contribution < -0.4 is 9.47 Å². The highest BCUT2D eigenvalue weighted by Gasteiger charge is 2.30. The molecular formula is C26H30N2O6. The van der Waals surface area contributed by atoms with E-state index in [0.29, 0.717) is 17.0 Å². The SMILES string of the molecule is COc1ccc2c(OCC[C@@H](C(=O)O)N(C)C(=O)OC(C)(C)C)cc(-c3ccccc3)nc2c1. The summed E-state index contributed by atoms with van der Waals surface area (Å²) in [6, 6.07) is 15.9. The van der Waals surface area contributed by atoms with Crippen molar-refractivity contribution in [3.8, 4) is 22.8 Å². The number of aliphatic carboxylic acids is 1. The Morgan fingerprint density at radius 3 is 2.41 bits per heavy atom. The Bertz CT molecular complexity index is 1160. The van der Waals surface area contributed by atoms with E-state index in [1.54, 1.807) is 27.9 Å². The Balaban J connectivity index is 1.84. The molecule has 1 amide bonds. The quantitative estimate of drug-likeness (QED) is 0.499. The normalized spacial score (nSPS) is 12.1. The summed E-state index contributed by atoms with van der Waals surface area (Å²) in [5.41, 5.74) is 1.61. The van der Waals surface area contributed by atoms with Gasteiger partial charge in [0.05, 0.1) is 24.9 Å². The summed E-state index contributed by atoms with van der Waals surface area (Å²) >= 11 is 0. The van der Waals surface area contributed by atoms with E-state index in [1.807, 2.05) is 54.6 Å². The summed E-state index contributed by atoms with van der Waals surface area (Å²) in [5.74, 6) is 0.0999. The van der Waals surface area contributed by atoms with E-state index in [0.717, 1.165) is 21.5 Å². The van der Waals surface area contributed by atoms with Gasteiger partial charge in [-0.2, -0.15) is 0 Å². The summed E-state index contributed by atoms with van der Waals surface area (Å²) in [4.78, 5) is 30.0. The number of nitrogens with zero attached hydrogens (tertiary/aromatic N) is 2. The Morgan fingerprint density at radius 1 is 1.09 bits per heavy atom. The van der Waals surface area contributed by atoms with Crippen molar-refractivity contribution in [2.45, 2.75) is 38.8 Å². The van der Waals surface area contributed by atoms with Gasteiger partial charge in [0.15, 0.2) is 0 Å². The molecule has 34 heavy (non-hydrogen) atoms. The number of methoxy groups -OCH3 is 1. The van der Waals surface area contributed by atoms with Crippen LogP contribution in [-0.2, 0) is 9.53 Å². The van der Waals surface area contributed by atoms with Crippen molar-refractivity contribution in [3.05, 3.63) is 54.6 Å². The second-order valence-corrected chi connectivity index (χ2v) is 8.84. The molecule has 8 heteroatoms. The van der Waals surface area contributed by atoms with Crippen LogP contribution in [0.2, 0.25) is 0 Å². The van der Waals surface area contributed by atoms with E-state index >= 15 is 0 Å². The number of fused-ring (bicyclic) bond motifs is 1. The third-order valence-corrected chi connectivity index (χ3v) is 5.13. The zero-order valence-electron chi connectivity index (χ0n) is 20.1. The van der Waals surface area contributed by atoms with Crippen LogP contribution in [0.1, 0.15) is 27.2 Å². The number of aromatic nitrogens is 1. The number of likely N-dealkylation sites (N-methyl/N-ethyl adjacent to an activating group) is 1. The summed E-state index contributed by atoms with van der Waals surface area (Å²) in [5, 5.41) is 10.5. The first-order valence-electron chi connectivity index (χ1n) is 10.9. The van der Waals surface area contributed by atoms with Crippen LogP contribution in [0, 0.1) is 0 Å². The summed E-state index contributed by atoms with van der Waals surface area (Å²) in [6.45, 7) is 5.26. The standard InChI is InChI=1S/C26H30N2O6/c1-26(2,3)34-25(31)28(4)22(24(29)30)13-14-33-23-16-20(17-9-7-6-8-10-17)27-21-15-18(32-5)11-12-19(21)23/h6-12,15-16,22H,13-14H2,1-5H3,(H,29,30)/t22-/m0/s1. The van der Waals surface area contributed by atoms with E-state index in [2.05, 4.69) is 0 Å². The molecule has 0 saturated carbocycles. The fourth-order valence-electron chi connectivity index (χ4n) is 3.40. The highest BCUT2D eigenvalue weighted by Crippen LogP contribution is 2.32. The third-order valence-electron chi connectivity index (χ3n) is 5.13. The van der Waals surface area contributed by atoms with Gasteiger partial charge in [-0.1, -0.05) is 30.3 Å². The number of pyridine rings is 1. The van der Waals surface area contributed by atoms with E-state index < -0.39 is 23.7 Å². The van der Waals surface area contributed by atoms with Crippen molar-refractivity contribution in [1.82, 2.24) is 9.88 Å². The molecular weight excluding hydrogens is 436 g/mol. The Kier molecular flexibility index (Phi) is 7.61. The lowest BCUT2D eigenvalue weighted by Crippen LogP contribution is -2.45. The van der Waals surface area contributed by atoms with Crippen LogP contribution in [0.3, 0.4) is 0 Å². The van der Waals surface area contributed by atoms with Crippen molar-refractivity contribution in [2.75, 3.05) is 20.8 Å². The lowest BCUT2D eigenvalue weighted by atomic mass is 10.1. The van der Waals surface area contributed by atoms with Gasteiger partial charge in [0, 0.05) is 36.6 Å². The van der Waals surface area contributed by atoms with Gasteiger partial charge in [-0.25, -0.2) is 14.6 Å². The van der Waals surface area contributed by atoms with Crippen LogP contribution in [0.5, 0.6) is 11.5 Å². The Morgan fingerprint density at radius 2 is 1.79 bits per heavy atom. The first-order chi connectivity index (χ1) is 16.1. The van der Waals surface area contributed by atoms with E-state index in [1.165, 1.54) is 7.05 Å². The predicted molar refractivity (Wildman–Crippen MR) is 129 cm³/mol. The summed E-state index contributed by atoms with van der Waals surface area (Å²) in [7, 11) is 3.00. The molecule has 0 aliphatic rings. The van der Waals surface area contributed by atoms with Gasteiger partial charge in [-0.3, -0.25) is 4.90 Å². The molecule has 0 spiro atoms. The molecule has 0 bridgehead atoms. The number of hydrogen-bond donors (Lipinski definition) is 1. The molecule has 180 valence electrons. The minimum Gasteiger partial charge on any atom is -0.497 e. The van der Waals surface area contributed by atoms with E-state index in [9.17, 15) is 14.7 Å². The molecule has 0 fully saturated rings.